The Balaban J connectivity index is 1.73. The first kappa shape index (κ1) is 13.5. The van der Waals surface area contributed by atoms with Gasteiger partial charge in [0.1, 0.15) is 0 Å². The van der Waals surface area contributed by atoms with E-state index < -0.39 is 0 Å². The van der Waals surface area contributed by atoms with Crippen molar-refractivity contribution in [2.75, 3.05) is 19.0 Å². The van der Waals surface area contributed by atoms with Crippen molar-refractivity contribution in [2.45, 2.75) is 19.3 Å². The zero-order chi connectivity index (χ0) is 13.5. The van der Waals surface area contributed by atoms with E-state index in [1.165, 1.54) is 24.8 Å². The van der Waals surface area contributed by atoms with Gasteiger partial charge in [-0.25, -0.2) is 4.98 Å². The molecule has 0 spiro atoms. The van der Waals surface area contributed by atoms with Crippen LogP contribution in [0.25, 0.3) is 0 Å². The number of hydrogen-bond donors (Lipinski definition) is 1. The number of nitrogens with zero attached hydrogens (tertiary/aromatic N) is 3. The number of hydrogen-bond acceptors (Lipinski definition) is 8. The molecule has 102 valence electrons. The number of nitrogens with one attached hydrogen (secondary N) is 1. The molecule has 2 aromatic rings. The third kappa shape index (κ3) is 4.32. The number of esters is 1. The number of carbonyl (C=O) groups excluding carboxylic acids is 1. The highest BCUT2D eigenvalue weighted by Gasteiger charge is 2.06. The summed E-state index contributed by atoms with van der Waals surface area (Å²) in [5, 5.41) is 9.64. The van der Waals surface area contributed by atoms with Crippen LogP contribution in [-0.2, 0) is 22.4 Å². The van der Waals surface area contributed by atoms with Crippen LogP contribution in [0.15, 0.2) is 16.3 Å². The number of aromatic nitrogens is 3. The lowest BCUT2D eigenvalue weighted by Crippen LogP contribution is -2.06. The lowest BCUT2D eigenvalue weighted by molar-refractivity contribution is -0.140. The van der Waals surface area contributed by atoms with Crippen LogP contribution < -0.4 is 5.32 Å². The maximum atomic E-state index is 11.0. The second-order valence-electron chi connectivity index (χ2n) is 3.74. The van der Waals surface area contributed by atoms with Gasteiger partial charge < -0.3 is 14.6 Å². The van der Waals surface area contributed by atoms with Gasteiger partial charge in [0.05, 0.1) is 19.2 Å². The highest BCUT2D eigenvalue weighted by atomic mass is 32.1. The Morgan fingerprint density at radius 2 is 2.42 bits per heavy atom. The van der Waals surface area contributed by atoms with Gasteiger partial charge in [-0.15, -0.1) is 11.3 Å². The molecule has 0 aliphatic heterocycles. The molecule has 0 radical (unpaired) electrons. The molecule has 0 saturated heterocycles. The number of ether oxygens (including phenoxy) is 1. The minimum absolute atomic E-state index is 0.223. The topological polar surface area (TPSA) is 90.1 Å². The minimum Gasteiger partial charge on any atom is -0.469 e. The number of methoxy groups -OCH3 is 1. The van der Waals surface area contributed by atoms with Crippen LogP contribution >= 0.6 is 11.3 Å². The van der Waals surface area contributed by atoms with Gasteiger partial charge in [-0.1, -0.05) is 5.16 Å². The lowest BCUT2D eigenvalue weighted by atomic mass is 10.2. The van der Waals surface area contributed by atoms with Crippen LogP contribution in [-0.4, -0.2) is 34.7 Å². The zero-order valence-corrected chi connectivity index (χ0v) is 11.3. The molecule has 0 unspecified atom stereocenters. The number of carbonyl (C=O) groups is 1. The van der Waals surface area contributed by atoms with Crippen LogP contribution in [0.4, 0.5) is 5.13 Å². The smallest absolute Gasteiger partial charge is 0.305 e. The number of thiazole rings is 1. The molecular weight excluding hydrogens is 268 g/mol. The van der Waals surface area contributed by atoms with Crippen LogP contribution in [0.2, 0.25) is 0 Å². The first-order valence-corrected chi connectivity index (χ1v) is 6.66. The fourth-order valence-electron chi connectivity index (χ4n) is 1.42. The second kappa shape index (κ2) is 6.83. The molecule has 0 aromatic carbocycles. The summed E-state index contributed by atoms with van der Waals surface area (Å²) in [7, 11) is 1.38. The van der Waals surface area contributed by atoms with Gasteiger partial charge in [-0.3, -0.25) is 4.79 Å². The maximum absolute atomic E-state index is 11.0. The summed E-state index contributed by atoms with van der Waals surface area (Å²) in [4.78, 5) is 19.3. The van der Waals surface area contributed by atoms with Gasteiger partial charge in [-0.2, -0.15) is 4.98 Å². The summed E-state index contributed by atoms with van der Waals surface area (Å²) in [6.45, 7) is 0.684. The Labute approximate surface area is 114 Å². The average Bonchev–Trinajstić information content (AvgIpc) is 3.07. The van der Waals surface area contributed by atoms with E-state index in [9.17, 15) is 4.79 Å². The van der Waals surface area contributed by atoms with Gasteiger partial charge in [-0.05, 0) is 0 Å². The molecule has 0 fully saturated rings. The van der Waals surface area contributed by atoms with Gasteiger partial charge in [0, 0.05) is 24.8 Å². The van der Waals surface area contributed by atoms with E-state index in [-0.39, 0.29) is 5.97 Å². The molecule has 2 heterocycles. The number of rotatable bonds is 7. The molecule has 1 N–H and O–H groups in total. The third-order valence-electron chi connectivity index (χ3n) is 2.40. The van der Waals surface area contributed by atoms with Gasteiger partial charge in [0.25, 0.3) is 0 Å². The highest BCUT2D eigenvalue weighted by Crippen LogP contribution is 2.16. The van der Waals surface area contributed by atoms with Gasteiger partial charge in [0.15, 0.2) is 11.0 Å². The van der Waals surface area contributed by atoms with E-state index in [0.29, 0.717) is 31.6 Å². The molecule has 2 rings (SSSR count). The van der Waals surface area contributed by atoms with Crippen molar-refractivity contribution in [3.8, 4) is 0 Å². The van der Waals surface area contributed by atoms with Gasteiger partial charge in [0.2, 0.25) is 6.39 Å². The van der Waals surface area contributed by atoms with Crippen LogP contribution in [0.1, 0.15) is 17.9 Å². The van der Waals surface area contributed by atoms with Crippen molar-refractivity contribution in [3.63, 3.8) is 0 Å². The monoisotopic (exact) mass is 282 g/mol. The zero-order valence-electron chi connectivity index (χ0n) is 10.5. The molecule has 0 saturated carbocycles. The van der Waals surface area contributed by atoms with E-state index in [1.54, 1.807) is 0 Å². The quantitative estimate of drug-likeness (QED) is 0.765. The Kier molecular flexibility index (Phi) is 4.85. The van der Waals surface area contributed by atoms with Crippen LogP contribution in [0, 0.1) is 0 Å². The molecule has 8 heteroatoms. The van der Waals surface area contributed by atoms with E-state index in [1.807, 2.05) is 5.38 Å². The van der Waals surface area contributed by atoms with E-state index in [0.717, 1.165) is 10.8 Å². The molecule has 0 aliphatic rings. The molecule has 7 nitrogen and oxygen atoms in total. The van der Waals surface area contributed by atoms with Crippen molar-refractivity contribution in [2.24, 2.45) is 0 Å². The molecule has 0 bridgehead atoms. The van der Waals surface area contributed by atoms with E-state index in [2.05, 4.69) is 29.7 Å². The first-order valence-electron chi connectivity index (χ1n) is 5.78. The van der Waals surface area contributed by atoms with Crippen molar-refractivity contribution in [1.82, 2.24) is 15.1 Å². The highest BCUT2D eigenvalue weighted by molar-refractivity contribution is 7.13. The number of aryl methyl sites for hydroxylation is 1. The predicted octanol–water partition coefficient (Wildman–Crippen LogP) is 1.29. The molecule has 19 heavy (non-hydrogen) atoms. The predicted molar refractivity (Wildman–Crippen MR) is 68.9 cm³/mol. The van der Waals surface area contributed by atoms with Crippen molar-refractivity contribution >= 4 is 22.4 Å². The first-order chi connectivity index (χ1) is 9.28. The summed E-state index contributed by atoms with van der Waals surface area (Å²) in [5.74, 6) is 0.439. The fourth-order valence-corrected chi connectivity index (χ4v) is 2.19. The molecule has 0 amide bonds. The Hall–Kier alpha value is -1.96. The van der Waals surface area contributed by atoms with Crippen LogP contribution in [0.5, 0.6) is 0 Å². The summed E-state index contributed by atoms with van der Waals surface area (Å²) >= 11 is 1.51. The summed E-state index contributed by atoms with van der Waals surface area (Å²) in [6.07, 6.45) is 2.93. The summed E-state index contributed by atoms with van der Waals surface area (Å²) < 4.78 is 9.22. The standard InChI is InChI=1S/C11H14N4O3S/c1-17-10(16)3-2-8-6-19-11(14-8)12-5-4-9-13-7-18-15-9/h6-7H,2-5H2,1H3,(H,12,14). The number of anilines is 1. The summed E-state index contributed by atoms with van der Waals surface area (Å²) in [6, 6.07) is 0. The second-order valence-corrected chi connectivity index (χ2v) is 4.60. The van der Waals surface area contributed by atoms with Crippen molar-refractivity contribution in [3.05, 3.63) is 23.3 Å². The molecule has 0 aliphatic carbocycles. The Morgan fingerprint density at radius 1 is 1.53 bits per heavy atom. The van der Waals surface area contributed by atoms with Crippen molar-refractivity contribution < 1.29 is 14.1 Å². The normalized spacial score (nSPS) is 10.4. The van der Waals surface area contributed by atoms with E-state index >= 15 is 0 Å². The summed E-state index contributed by atoms with van der Waals surface area (Å²) in [5.41, 5.74) is 0.887. The van der Waals surface area contributed by atoms with Gasteiger partial charge >= 0.3 is 5.97 Å². The molecule has 0 atom stereocenters. The largest absolute Gasteiger partial charge is 0.469 e. The molecular formula is C11H14N4O3S. The van der Waals surface area contributed by atoms with Crippen LogP contribution in [0.3, 0.4) is 0 Å². The Morgan fingerprint density at radius 3 is 3.16 bits per heavy atom. The third-order valence-corrected chi connectivity index (χ3v) is 3.25. The SMILES string of the molecule is COC(=O)CCc1csc(NCCc2ncon2)n1. The molecule has 2 aromatic heterocycles. The van der Waals surface area contributed by atoms with Crippen molar-refractivity contribution in [1.29, 1.82) is 0 Å². The minimum atomic E-state index is -0.223. The van der Waals surface area contributed by atoms with E-state index in [4.69, 9.17) is 0 Å². The Bertz CT molecular complexity index is 512. The lowest BCUT2D eigenvalue weighted by Gasteiger charge is -1.99. The fraction of sp³-hybridized carbons (Fsp3) is 0.455. The maximum Gasteiger partial charge on any atom is 0.305 e. The average molecular weight is 282 g/mol.